The van der Waals surface area contributed by atoms with E-state index in [-0.39, 0.29) is 5.56 Å². The molecule has 0 aliphatic carbocycles. The van der Waals surface area contributed by atoms with Crippen LogP contribution in [0.1, 0.15) is 16.1 Å². The molecule has 0 saturated heterocycles. The van der Waals surface area contributed by atoms with Crippen molar-refractivity contribution in [2.75, 3.05) is 0 Å². The Kier molecular flexibility index (Phi) is 2.95. The average Bonchev–Trinajstić information content (AvgIpc) is 2.61. The van der Waals surface area contributed by atoms with Gasteiger partial charge in [-0.3, -0.25) is 0 Å². The Hall–Kier alpha value is -1.37. The lowest BCUT2D eigenvalue weighted by Crippen LogP contribution is -2.02. The highest BCUT2D eigenvalue weighted by atomic mass is 127. The smallest absolute Gasteiger partial charge is 0.339 e. The molecule has 0 aliphatic rings. The lowest BCUT2D eigenvalue weighted by atomic mass is 10.2. The molecule has 2 aromatic rings. The molecule has 0 atom stereocenters. The number of aromatic carboxylic acids is 1. The highest BCUT2D eigenvalue weighted by molar-refractivity contribution is 14.1. The van der Waals surface area contributed by atoms with Crippen LogP contribution in [0.5, 0.6) is 0 Å². The summed E-state index contributed by atoms with van der Waals surface area (Å²) in [5.74, 6) is -0.950. The SMILES string of the molecule is Cc1c(C(=O)O)cnn1-c1ccc(I)cc1. The fourth-order valence-corrected chi connectivity index (χ4v) is 1.82. The van der Waals surface area contributed by atoms with E-state index in [0.29, 0.717) is 5.69 Å². The highest BCUT2D eigenvalue weighted by Gasteiger charge is 2.13. The second kappa shape index (κ2) is 4.25. The quantitative estimate of drug-likeness (QED) is 0.862. The summed E-state index contributed by atoms with van der Waals surface area (Å²) in [5.41, 5.74) is 1.73. The molecule has 0 unspecified atom stereocenters. The summed E-state index contributed by atoms with van der Waals surface area (Å²) in [4.78, 5) is 10.9. The third-order valence-electron chi connectivity index (χ3n) is 2.31. The number of aromatic nitrogens is 2. The Balaban J connectivity index is 2.49. The number of nitrogens with zero attached hydrogens (tertiary/aromatic N) is 2. The van der Waals surface area contributed by atoms with Gasteiger partial charge < -0.3 is 5.11 Å². The van der Waals surface area contributed by atoms with Gasteiger partial charge in [-0.15, -0.1) is 0 Å². The van der Waals surface area contributed by atoms with Crippen molar-refractivity contribution >= 4 is 28.6 Å². The number of hydrogen-bond donors (Lipinski definition) is 1. The van der Waals surface area contributed by atoms with Crippen LogP contribution in [0.4, 0.5) is 0 Å². The van der Waals surface area contributed by atoms with Gasteiger partial charge in [0.25, 0.3) is 0 Å². The van der Waals surface area contributed by atoms with Gasteiger partial charge in [0.05, 0.1) is 17.6 Å². The summed E-state index contributed by atoms with van der Waals surface area (Å²) in [7, 11) is 0. The predicted molar refractivity (Wildman–Crippen MR) is 68.0 cm³/mol. The molecule has 0 fully saturated rings. The fourth-order valence-electron chi connectivity index (χ4n) is 1.46. The molecule has 5 heteroatoms. The Morgan fingerprint density at radius 2 is 2.00 bits per heavy atom. The third kappa shape index (κ3) is 1.95. The van der Waals surface area contributed by atoms with Crippen LogP contribution in [0, 0.1) is 10.5 Å². The van der Waals surface area contributed by atoms with Crippen molar-refractivity contribution < 1.29 is 9.90 Å². The van der Waals surface area contributed by atoms with Gasteiger partial charge in [-0.2, -0.15) is 5.10 Å². The van der Waals surface area contributed by atoms with Crippen LogP contribution in [-0.4, -0.2) is 20.9 Å². The molecule has 82 valence electrons. The summed E-state index contributed by atoms with van der Waals surface area (Å²) >= 11 is 2.22. The van der Waals surface area contributed by atoms with Gasteiger partial charge in [0.2, 0.25) is 0 Å². The number of benzene rings is 1. The molecule has 0 spiro atoms. The maximum atomic E-state index is 10.9. The van der Waals surface area contributed by atoms with Crippen LogP contribution < -0.4 is 0 Å². The summed E-state index contributed by atoms with van der Waals surface area (Å²) in [6.07, 6.45) is 1.37. The van der Waals surface area contributed by atoms with Gasteiger partial charge in [0.15, 0.2) is 0 Å². The molecular formula is C11H9IN2O2. The number of rotatable bonds is 2. The van der Waals surface area contributed by atoms with E-state index >= 15 is 0 Å². The van der Waals surface area contributed by atoms with Crippen molar-refractivity contribution in [2.45, 2.75) is 6.92 Å². The van der Waals surface area contributed by atoms with Crippen molar-refractivity contribution in [3.8, 4) is 5.69 Å². The lowest BCUT2D eigenvalue weighted by molar-refractivity contribution is 0.0696. The van der Waals surface area contributed by atoms with Gasteiger partial charge in [0.1, 0.15) is 5.56 Å². The maximum absolute atomic E-state index is 10.9. The molecule has 16 heavy (non-hydrogen) atoms. The Bertz CT molecular complexity index is 531. The molecule has 4 nitrogen and oxygen atoms in total. The molecular weight excluding hydrogens is 319 g/mol. The van der Waals surface area contributed by atoms with Gasteiger partial charge in [-0.1, -0.05) is 0 Å². The van der Waals surface area contributed by atoms with Crippen LogP contribution in [0.25, 0.3) is 5.69 Å². The predicted octanol–water partition coefficient (Wildman–Crippen LogP) is 2.48. The van der Waals surface area contributed by atoms with Gasteiger partial charge in [0, 0.05) is 3.57 Å². The first-order valence-corrected chi connectivity index (χ1v) is 5.71. The molecule has 0 amide bonds. The van der Waals surface area contributed by atoms with Gasteiger partial charge in [-0.05, 0) is 53.8 Å². The minimum Gasteiger partial charge on any atom is -0.478 e. The second-order valence-electron chi connectivity index (χ2n) is 3.34. The largest absolute Gasteiger partial charge is 0.478 e. The van der Waals surface area contributed by atoms with E-state index in [9.17, 15) is 4.79 Å². The van der Waals surface area contributed by atoms with Crippen molar-refractivity contribution in [1.82, 2.24) is 9.78 Å². The van der Waals surface area contributed by atoms with Crippen molar-refractivity contribution in [1.29, 1.82) is 0 Å². The van der Waals surface area contributed by atoms with E-state index in [1.54, 1.807) is 11.6 Å². The molecule has 1 aromatic heterocycles. The minimum atomic E-state index is -0.950. The zero-order chi connectivity index (χ0) is 11.7. The van der Waals surface area contributed by atoms with Crippen LogP contribution in [0.3, 0.4) is 0 Å². The summed E-state index contributed by atoms with van der Waals surface area (Å²) in [6, 6.07) is 7.73. The molecule has 0 saturated carbocycles. The highest BCUT2D eigenvalue weighted by Crippen LogP contribution is 2.15. The first-order chi connectivity index (χ1) is 7.59. The average molecular weight is 328 g/mol. The van der Waals surface area contributed by atoms with Gasteiger partial charge in [-0.25, -0.2) is 9.48 Å². The van der Waals surface area contributed by atoms with E-state index in [1.165, 1.54) is 6.20 Å². The first kappa shape index (κ1) is 11.1. The van der Waals surface area contributed by atoms with Crippen molar-refractivity contribution in [2.24, 2.45) is 0 Å². The van der Waals surface area contributed by atoms with Gasteiger partial charge >= 0.3 is 5.97 Å². The van der Waals surface area contributed by atoms with Crippen LogP contribution in [0.2, 0.25) is 0 Å². The molecule has 2 rings (SSSR count). The minimum absolute atomic E-state index is 0.235. The first-order valence-electron chi connectivity index (χ1n) is 4.63. The van der Waals surface area contributed by atoms with Crippen molar-refractivity contribution in [3.63, 3.8) is 0 Å². The Morgan fingerprint density at radius 1 is 1.38 bits per heavy atom. The summed E-state index contributed by atoms with van der Waals surface area (Å²) in [5, 5.41) is 13.0. The Labute approximate surface area is 106 Å². The zero-order valence-electron chi connectivity index (χ0n) is 8.51. The fraction of sp³-hybridized carbons (Fsp3) is 0.0909. The van der Waals surface area contributed by atoms with Crippen LogP contribution in [-0.2, 0) is 0 Å². The van der Waals surface area contributed by atoms with E-state index in [2.05, 4.69) is 27.7 Å². The lowest BCUT2D eigenvalue weighted by Gasteiger charge is -2.04. The van der Waals surface area contributed by atoms with Crippen LogP contribution >= 0.6 is 22.6 Å². The topological polar surface area (TPSA) is 55.1 Å². The third-order valence-corrected chi connectivity index (χ3v) is 3.03. The number of halogens is 1. The number of carbonyl (C=O) groups is 1. The molecule has 0 bridgehead atoms. The van der Waals surface area contributed by atoms with Crippen LogP contribution in [0.15, 0.2) is 30.5 Å². The number of carboxylic acid groups (broad SMARTS) is 1. The zero-order valence-corrected chi connectivity index (χ0v) is 10.7. The molecule has 0 aliphatic heterocycles. The molecule has 1 heterocycles. The molecule has 1 aromatic carbocycles. The summed E-state index contributed by atoms with van der Waals surface area (Å²) < 4.78 is 2.75. The second-order valence-corrected chi connectivity index (χ2v) is 4.58. The molecule has 1 N–H and O–H groups in total. The molecule has 0 radical (unpaired) electrons. The van der Waals surface area contributed by atoms with E-state index in [1.807, 2.05) is 24.3 Å². The maximum Gasteiger partial charge on any atom is 0.339 e. The number of hydrogen-bond acceptors (Lipinski definition) is 2. The standard InChI is InChI=1S/C11H9IN2O2/c1-7-10(11(15)16)6-13-14(7)9-4-2-8(12)3-5-9/h2-6H,1H3,(H,15,16). The van der Waals surface area contributed by atoms with E-state index in [4.69, 9.17) is 5.11 Å². The number of carboxylic acids is 1. The normalized spacial score (nSPS) is 10.4. The summed E-state index contributed by atoms with van der Waals surface area (Å²) in [6.45, 7) is 1.74. The van der Waals surface area contributed by atoms with E-state index < -0.39 is 5.97 Å². The van der Waals surface area contributed by atoms with E-state index in [0.717, 1.165) is 9.26 Å². The van der Waals surface area contributed by atoms with Crippen molar-refractivity contribution in [3.05, 3.63) is 45.3 Å². The Morgan fingerprint density at radius 3 is 2.50 bits per heavy atom. The monoisotopic (exact) mass is 328 g/mol.